The van der Waals surface area contributed by atoms with Crippen molar-refractivity contribution in [1.82, 2.24) is 10.2 Å². The highest BCUT2D eigenvalue weighted by Gasteiger charge is 2.28. The van der Waals surface area contributed by atoms with Crippen molar-refractivity contribution in [2.45, 2.75) is 25.8 Å². The average Bonchev–Trinajstić information content (AvgIpc) is 2.86. The van der Waals surface area contributed by atoms with Gasteiger partial charge in [0.05, 0.1) is 15.7 Å². The Balaban J connectivity index is 1.57. The molecule has 1 fully saturated rings. The molecule has 0 radical (unpaired) electrons. The molecule has 1 aliphatic rings. The number of carbonyl (C=O) groups excluding carboxylic acids is 3. The molecule has 0 bridgehead atoms. The molecule has 1 aliphatic heterocycles. The van der Waals surface area contributed by atoms with Gasteiger partial charge in [0.2, 0.25) is 11.8 Å². The van der Waals surface area contributed by atoms with Gasteiger partial charge in [-0.25, -0.2) is 0 Å². The first-order valence-corrected chi connectivity index (χ1v) is 11.8. The van der Waals surface area contributed by atoms with E-state index in [0.29, 0.717) is 42.7 Å². The summed E-state index contributed by atoms with van der Waals surface area (Å²) in [6.07, 6.45) is 3.82. The summed E-state index contributed by atoms with van der Waals surface area (Å²) in [6.45, 7) is 2.16. The zero-order valence-corrected chi connectivity index (χ0v) is 20.5. The Kier molecular flexibility index (Phi) is 8.89. The maximum atomic E-state index is 12.6. The first-order chi connectivity index (χ1) is 16.7. The number of hydrogen-bond donors (Lipinski definition) is 3. The predicted octanol–water partition coefficient (Wildman–Crippen LogP) is 4.09. The third kappa shape index (κ3) is 6.83. The molecule has 184 valence electrons. The van der Waals surface area contributed by atoms with Crippen LogP contribution in [0.1, 0.15) is 35.7 Å². The number of nitrogens with one attached hydrogen (secondary N) is 2. The van der Waals surface area contributed by atoms with Crippen LogP contribution in [0.3, 0.4) is 0 Å². The molecule has 0 aromatic heterocycles. The lowest BCUT2D eigenvalue weighted by Crippen LogP contribution is -2.46. The smallest absolute Gasteiger partial charge is 0.325 e. The van der Waals surface area contributed by atoms with E-state index in [1.807, 2.05) is 6.07 Å². The molecule has 0 saturated carbocycles. The number of carboxylic acids is 1. The average molecular weight is 518 g/mol. The van der Waals surface area contributed by atoms with E-state index in [2.05, 4.69) is 10.6 Å². The van der Waals surface area contributed by atoms with Crippen molar-refractivity contribution in [2.24, 2.45) is 5.92 Å². The predicted molar refractivity (Wildman–Crippen MR) is 134 cm³/mol. The highest BCUT2D eigenvalue weighted by Crippen LogP contribution is 2.34. The summed E-state index contributed by atoms with van der Waals surface area (Å²) < 4.78 is 0. The van der Waals surface area contributed by atoms with Crippen LogP contribution in [0.5, 0.6) is 0 Å². The number of benzene rings is 2. The van der Waals surface area contributed by atoms with Crippen LogP contribution in [0.25, 0.3) is 6.08 Å². The molecule has 10 heteroatoms. The topological polar surface area (TPSA) is 116 Å². The molecule has 0 spiro atoms. The van der Waals surface area contributed by atoms with Crippen LogP contribution in [0.15, 0.2) is 48.5 Å². The largest absolute Gasteiger partial charge is 0.480 e. The normalized spacial score (nSPS) is 15.0. The first-order valence-electron chi connectivity index (χ1n) is 11.0. The van der Waals surface area contributed by atoms with Gasteiger partial charge in [-0.2, -0.15) is 0 Å². The quantitative estimate of drug-likeness (QED) is 0.478. The van der Waals surface area contributed by atoms with Crippen LogP contribution in [0, 0.1) is 5.92 Å². The fraction of sp³-hybridized carbons (Fsp3) is 0.280. The van der Waals surface area contributed by atoms with Crippen LogP contribution < -0.4 is 10.6 Å². The fourth-order valence-electron chi connectivity index (χ4n) is 3.60. The van der Waals surface area contributed by atoms with Crippen molar-refractivity contribution >= 4 is 58.7 Å². The van der Waals surface area contributed by atoms with Gasteiger partial charge in [0.15, 0.2) is 0 Å². The molecule has 2 aromatic carbocycles. The molecule has 35 heavy (non-hydrogen) atoms. The van der Waals surface area contributed by atoms with E-state index >= 15 is 0 Å². The number of amides is 3. The van der Waals surface area contributed by atoms with Crippen LogP contribution in [0.4, 0.5) is 5.69 Å². The third-order valence-corrected chi connectivity index (χ3v) is 6.60. The number of rotatable bonds is 7. The number of likely N-dealkylation sites (tertiary alicyclic amines) is 1. The summed E-state index contributed by atoms with van der Waals surface area (Å²) in [7, 11) is 0. The summed E-state index contributed by atoms with van der Waals surface area (Å²) in [4.78, 5) is 49.7. The van der Waals surface area contributed by atoms with Gasteiger partial charge < -0.3 is 20.6 Å². The van der Waals surface area contributed by atoms with Crippen LogP contribution in [0.2, 0.25) is 10.0 Å². The second kappa shape index (κ2) is 11.9. The molecule has 1 heterocycles. The van der Waals surface area contributed by atoms with Gasteiger partial charge in [-0.1, -0.05) is 47.5 Å². The highest BCUT2D eigenvalue weighted by molar-refractivity contribution is 6.45. The molecular formula is C25H25Cl2N3O5. The molecule has 2 aromatic rings. The number of aliphatic carboxylic acids is 1. The number of nitrogens with zero attached hydrogens (tertiary/aromatic N) is 1. The first kappa shape index (κ1) is 26.2. The summed E-state index contributed by atoms with van der Waals surface area (Å²) in [5.41, 5.74) is 1.35. The minimum absolute atomic E-state index is 0.160. The van der Waals surface area contributed by atoms with E-state index in [1.165, 1.54) is 13.0 Å². The van der Waals surface area contributed by atoms with Crippen molar-refractivity contribution < 1.29 is 24.3 Å². The van der Waals surface area contributed by atoms with Gasteiger partial charge in [0.25, 0.3) is 5.91 Å². The maximum Gasteiger partial charge on any atom is 0.325 e. The zero-order chi connectivity index (χ0) is 25.5. The lowest BCUT2D eigenvalue weighted by molar-refractivity contribution is -0.142. The van der Waals surface area contributed by atoms with E-state index in [4.69, 9.17) is 28.3 Å². The summed E-state index contributed by atoms with van der Waals surface area (Å²) in [5.74, 6) is -2.31. The van der Waals surface area contributed by atoms with Crippen LogP contribution in [-0.2, 0) is 14.4 Å². The molecule has 1 unspecified atom stereocenters. The van der Waals surface area contributed by atoms with Gasteiger partial charge in [-0.3, -0.25) is 19.2 Å². The van der Waals surface area contributed by atoms with Crippen molar-refractivity contribution in [2.75, 3.05) is 18.4 Å². The molecule has 1 atom stereocenters. The lowest BCUT2D eigenvalue weighted by Gasteiger charge is -2.31. The van der Waals surface area contributed by atoms with E-state index in [0.717, 1.165) is 0 Å². The van der Waals surface area contributed by atoms with Crippen LogP contribution >= 0.6 is 23.2 Å². The van der Waals surface area contributed by atoms with E-state index in [9.17, 15) is 19.2 Å². The minimum Gasteiger partial charge on any atom is -0.480 e. The molecule has 8 nitrogen and oxygen atoms in total. The van der Waals surface area contributed by atoms with E-state index < -0.39 is 12.0 Å². The molecule has 3 amide bonds. The van der Waals surface area contributed by atoms with Gasteiger partial charge in [0, 0.05) is 30.6 Å². The number of carbonyl (C=O) groups is 4. The Labute approximate surface area is 212 Å². The number of hydrogen-bond acceptors (Lipinski definition) is 4. The molecular weight excluding hydrogens is 493 g/mol. The SMILES string of the molecule is CC(NC(=O)C1CCN(C(=O)/C=C/c2ccc(NC(=O)c3ccccc3)c(Cl)c2Cl)CC1)C(=O)O. The number of halogens is 2. The van der Waals surface area contributed by atoms with Gasteiger partial charge in [-0.15, -0.1) is 0 Å². The van der Waals surface area contributed by atoms with Gasteiger partial charge >= 0.3 is 5.97 Å². The Hall–Kier alpha value is -3.36. The third-order valence-electron chi connectivity index (χ3n) is 5.71. The fourth-order valence-corrected chi connectivity index (χ4v) is 4.04. The van der Waals surface area contributed by atoms with Gasteiger partial charge in [-0.05, 0) is 49.6 Å². The second-order valence-corrected chi connectivity index (χ2v) is 8.91. The second-order valence-electron chi connectivity index (χ2n) is 8.15. The van der Waals surface area contributed by atoms with Gasteiger partial charge in [0.1, 0.15) is 6.04 Å². The van der Waals surface area contributed by atoms with Crippen molar-refractivity contribution in [1.29, 1.82) is 0 Å². The minimum atomic E-state index is -1.10. The Morgan fingerprint density at radius 1 is 1.03 bits per heavy atom. The highest BCUT2D eigenvalue weighted by atomic mass is 35.5. The van der Waals surface area contributed by atoms with Crippen LogP contribution in [-0.4, -0.2) is 52.8 Å². The summed E-state index contributed by atoms with van der Waals surface area (Å²) >= 11 is 12.7. The number of carboxylic acid groups (broad SMARTS) is 1. The lowest BCUT2D eigenvalue weighted by atomic mass is 9.95. The number of piperidine rings is 1. The Morgan fingerprint density at radius 2 is 1.69 bits per heavy atom. The van der Waals surface area contributed by atoms with Crippen molar-refractivity contribution in [3.8, 4) is 0 Å². The monoisotopic (exact) mass is 517 g/mol. The number of anilines is 1. The Bertz CT molecular complexity index is 1150. The molecule has 3 rings (SSSR count). The molecule has 1 saturated heterocycles. The zero-order valence-electron chi connectivity index (χ0n) is 19.0. The van der Waals surface area contributed by atoms with E-state index in [-0.39, 0.29) is 33.7 Å². The molecule has 3 N–H and O–H groups in total. The summed E-state index contributed by atoms with van der Waals surface area (Å²) in [5, 5.41) is 14.5. The standard InChI is InChI=1S/C25H25Cl2N3O5/c1-15(25(34)35)28-23(32)18-11-13-30(14-12-18)20(31)10-8-16-7-9-19(22(27)21(16)26)29-24(33)17-5-3-2-4-6-17/h2-10,15,18H,11-14H2,1H3,(H,28,32)(H,29,33)(H,34,35)/b10-8+. The summed E-state index contributed by atoms with van der Waals surface area (Å²) in [6, 6.07) is 11.0. The van der Waals surface area contributed by atoms with Crippen molar-refractivity contribution in [3.05, 3.63) is 69.7 Å². The van der Waals surface area contributed by atoms with Crippen molar-refractivity contribution in [3.63, 3.8) is 0 Å². The Morgan fingerprint density at radius 3 is 2.31 bits per heavy atom. The molecule has 0 aliphatic carbocycles. The van der Waals surface area contributed by atoms with E-state index in [1.54, 1.807) is 47.4 Å². The maximum absolute atomic E-state index is 12.6.